The summed E-state index contributed by atoms with van der Waals surface area (Å²) in [5.74, 6) is 6.55. The summed E-state index contributed by atoms with van der Waals surface area (Å²) in [7, 11) is 0. The molecule has 0 saturated carbocycles. The summed E-state index contributed by atoms with van der Waals surface area (Å²) in [6.07, 6.45) is 15.0. The molecular formula is C21H28O. The summed E-state index contributed by atoms with van der Waals surface area (Å²) in [4.78, 5) is 8.00. The third-order valence-corrected chi connectivity index (χ3v) is 3.35. The number of carbonyl (C=O) groups excluding carboxylic acids is 1. The molecule has 1 aliphatic rings. The highest BCUT2D eigenvalue weighted by molar-refractivity contribution is 5.22. The van der Waals surface area contributed by atoms with E-state index >= 15 is 0 Å². The molecule has 0 heterocycles. The lowest BCUT2D eigenvalue weighted by Gasteiger charge is -2.05. The van der Waals surface area contributed by atoms with Crippen LogP contribution in [0.5, 0.6) is 0 Å². The Bertz CT molecular complexity index is 500. The number of allylic oxidation sites excluding steroid dienone is 4. The van der Waals surface area contributed by atoms with Gasteiger partial charge in [-0.15, -0.1) is 5.92 Å². The molecule has 0 bridgehead atoms. The van der Waals surface area contributed by atoms with E-state index < -0.39 is 0 Å². The van der Waals surface area contributed by atoms with Crippen LogP contribution in [0.15, 0.2) is 54.1 Å². The number of hydrogen-bond donors (Lipinski definition) is 0. The van der Waals surface area contributed by atoms with Crippen molar-refractivity contribution in [2.75, 3.05) is 0 Å². The van der Waals surface area contributed by atoms with Gasteiger partial charge in [-0.2, -0.15) is 0 Å². The summed E-state index contributed by atoms with van der Waals surface area (Å²) in [5.41, 5.74) is 2.83. The number of benzene rings is 1. The van der Waals surface area contributed by atoms with E-state index in [1.165, 1.54) is 43.2 Å². The lowest BCUT2D eigenvalue weighted by Crippen LogP contribution is -1.85. The minimum Gasteiger partial charge on any atom is -0.307 e. The zero-order valence-electron chi connectivity index (χ0n) is 12.7. The zero-order chi connectivity index (χ0) is 15.2. The second-order valence-electron chi connectivity index (χ2n) is 4.98. The van der Waals surface area contributed by atoms with Crippen LogP contribution < -0.4 is 0 Å². The van der Waals surface area contributed by atoms with Gasteiger partial charge in [0.25, 0.3) is 0 Å². The van der Waals surface area contributed by atoms with Crippen molar-refractivity contribution >= 4 is 6.79 Å². The maximum absolute atomic E-state index is 8.00. The third kappa shape index (κ3) is 8.97. The quantitative estimate of drug-likeness (QED) is 0.516. The molecule has 0 fully saturated rings. The summed E-state index contributed by atoms with van der Waals surface area (Å²) in [5, 5.41) is 0. The predicted octanol–water partition coefficient (Wildman–Crippen LogP) is 5.52. The molecule has 0 aliphatic heterocycles. The van der Waals surface area contributed by atoms with Gasteiger partial charge in [0, 0.05) is 12.8 Å². The van der Waals surface area contributed by atoms with E-state index in [0.717, 1.165) is 12.8 Å². The molecule has 0 spiro atoms. The average Bonchev–Trinajstić information content (AvgIpc) is 2.58. The van der Waals surface area contributed by atoms with Gasteiger partial charge in [-0.3, -0.25) is 0 Å². The Hall–Kier alpha value is -2.07. The standard InChI is InChI=1S/C19H22.CH2O.CH4/c1(2-6-12-18-14-8-4-9-15-18)3-7-13-19-16-10-5-11-17-19;1-2;/h5,8,10-11,14-17H,1-2,4,6,9,12-13H2;1H2;1H4. The fourth-order valence-electron chi connectivity index (χ4n) is 2.24. The Labute approximate surface area is 136 Å². The Morgan fingerprint density at radius 2 is 1.77 bits per heavy atom. The largest absolute Gasteiger partial charge is 0.307 e. The molecule has 0 unspecified atom stereocenters. The molecule has 0 aromatic heterocycles. The maximum Gasteiger partial charge on any atom is 0.106 e. The fraction of sp³-hybridized carbons (Fsp3) is 0.381. The molecule has 0 amide bonds. The molecule has 1 heteroatoms. The lowest BCUT2D eigenvalue weighted by molar-refractivity contribution is -0.0979. The van der Waals surface area contributed by atoms with Crippen LogP contribution in [0.2, 0.25) is 0 Å². The average molecular weight is 296 g/mol. The molecule has 0 saturated heterocycles. The molecule has 118 valence electrons. The first-order valence-electron chi connectivity index (χ1n) is 7.59. The normalized spacial score (nSPS) is 11.9. The molecule has 0 radical (unpaired) electrons. The highest BCUT2D eigenvalue weighted by atomic mass is 16.1. The van der Waals surface area contributed by atoms with Gasteiger partial charge in [-0.05, 0) is 37.7 Å². The number of carbonyl (C=O) groups is 1. The number of unbranched alkanes of at least 4 members (excludes halogenated alkanes) is 2. The van der Waals surface area contributed by atoms with E-state index in [-0.39, 0.29) is 7.43 Å². The Kier molecular flexibility index (Phi) is 12.6. The van der Waals surface area contributed by atoms with E-state index in [0.29, 0.717) is 0 Å². The fourth-order valence-corrected chi connectivity index (χ4v) is 2.24. The van der Waals surface area contributed by atoms with Gasteiger partial charge in [0.1, 0.15) is 6.79 Å². The summed E-state index contributed by atoms with van der Waals surface area (Å²) >= 11 is 0. The second kappa shape index (κ2) is 13.9. The summed E-state index contributed by atoms with van der Waals surface area (Å²) in [6.45, 7) is 2.00. The monoisotopic (exact) mass is 296 g/mol. The van der Waals surface area contributed by atoms with Crippen molar-refractivity contribution < 1.29 is 4.79 Å². The molecule has 22 heavy (non-hydrogen) atoms. The Morgan fingerprint density at radius 3 is 2.45 bits per heavy atom. The van der Waals surface area contributed by atoms with Gasteiger partial charge in [-0.1, -0.05) is 67.5 Å². The Balaban J connectivity index is 0.00000141. The summed E-state index contributed by atoms with van der Waals surface area (Å²) in [6, 6.07) is 10.5. The SMILES string of the molecule is C.C(#CCc1ccccc1)CCCCC1=CCCC=C1.C=O. The molecule has 1 nitrogen and oxygen atoms in total. The predicted molar refractivity (Wildman–Crippen MR) is 96.7 cm³/mol. The molecule has 0 N–H and O–H groups in total. The Morgan fingerprint density at radius 1 is 1.00 bits per heavy atom. The molecule has 2 rings (SSSR count). The first-order chi connectivity index (χ1) is 10.4. The summed E-state index contributed by atoms with van der Waals surface area (Å²) < 4.78 is 0. The topological polar surface area (TPSA) is 17.1 Å². The van der Waals surface area contributed by atoms with Crippen molar-refractivity contribution in [2.45, 2.75) is 52.4 Å². The van der Waals surface area contributed by atoms with Crippen LogP contribution in [0.3, 0.4) is 0 Å². The van der Waals surface area contributed by atoms with Crippen LogP contribution in [0, 0.1) is 11.8 Å². The lowest BCUT2D eigenvalue weighted by atomic mass is 10.0. The third-order valence-electron chi connectivity index (χ3n) is 3.35. The van der Waals surface area contributed by atoms with Crippen molar-refractivity contribution in [3.63, 3.8) is 0 Å². The zero-order valence-corrected chi connectivity index (χ0v) is 12.7. The van der Waals surface area contributed by atoms with Crippen molar-refractivity contribution in [3.05, 3.63) is 59.7 Å². The molecular weight excluding hydrogens is 268 g/mol. The molecule has 0 atom stereocenters. The van der Waals surface area contributed by atoms with Crippen molar-refractivity contribution in [3.8, 4) is 11.8 Å². The van der Waals surface area contributed by atoms with Crippen LogP contribution in [0.4, 0.5) is 0 Å². The molecule has 1 aromatic carbocycles. The molecule has 1 aliphatic carbocycles. The first kappa shape index (κ1) is 19.9. The smallest absolute Gasteiger partial charge is 0.106 e. The van der Waals surface area contributed by atoms with Crippen LogP contribution in [-0.4, -0.2) is 6.79 Å². The maximum atomic E-state index is 8.00. The van der Waals surface area contributed by atoms with Gasteiger partial charge in [0.05, 0.1) is 0 Å². The van der Waals surface area contributed by atoms with Gasteiger partial charge in [0.15, 0.2) is 0 Å². The van der Waals surface area contributed by atoms with E-state index in [9.17, 15) is 0 Å². The van der Waals surface area contributed by atoms with Crippen LogP contribution in [0.1, 0.15) is 51.5 Å². The van der Waals surface area contributed by atoms with Crippen LogP contribution >= 0.6 is 0 Å². The van der Waals surface area contributed by atoms with Crippen molar-refractivity contribution in [2.24, 2.45) is 0 Å². The van der Waals surface area contributed by atoms with Crippen molar-refractivity contribution in [1.82, 2.24) is 0 Å². The first-order valence-corrected chi connectivity index (χ1v) is 7.59. The second-order valence-corrected chi connectivity index (χ2v) is 4.98. The van der Waals surface area contributed by atoms with Gasteiger partial charge < -0.3 is 4.79 Å². The van der Waals surface area contributed by atoms with E-state index in [1.54, 1.807) is 0 Å². The van der Waals surface area contributed by atoms with Crippen LogP contribution in [0.25, 0.3) is 0 Å². The van der Waals surface area contributed by atoms with Gasteiger partial charge >= 0.3 is 0 Å². The minimum absolute atomic E-state index is 0. The van der Waals surface area contributed by atoms with E-state index in [1.807, 2.05) is 12.9 Å². The van der Waals surface area contributed by atoms with Gasteiger partial charge in [0.2, 0.25) is 0 Å². The molecule has 1 aromatic rings. The minimum atomic E-state index is 0. The number of hydrogen-bond acceptors (Lipinski definition) is 1. The van der Waals surface area contributed by atoms with Gasteiger partial charge in [-0.25, -0.2) is 0 Å². The van der Waals surface area contributed by atoms with Crippen molar-refractivity contribution in [1.29, 1.82) is 0 Å². The van der Waals surface area contributed by atoms with E-state index in [2.05, 4.69) is 54.3 Å². The number of rotatable bonds is 5. The highest BCUT2D eigenvalue weighted by Crippen LogP contribution is 2.16. The highest BCUT2D eigenvalue weighted by Gasteiger charge is 1.96. The van der Waals surface area contributed by atoms with Crippen LogP contribution in [-0.2, 0) is 11.2 Å². The van der Waals surface area contributed by atoms with E-state index in [4.69, 9.17) is 4.79 Å².